The summed E-state index contributed by atoms with van der Waals surface area (Å²) in [6.07, 6.45) is 7.83. The first-order chi connectivity index (χ1) is 14.1. The molecule has 0 saturated carbocycles. The van der Waals surface area contributed by atoms with E-state index >= 15 is 0 Å². The van der Waals surface area contributed by atoms with E-state index in [1.165, 1.54) is 11.3 Å². The smallest absolute Gasteiger partial charge is 0.276 e. The van der Waals surface area contributed by atoms with Crippen molar-refractivity contribution in [3.8, 4) is 0 Å². The minimum absolute atomic E-state index is 0.00776. The molecule has 3 aliphatic rings. The molecule has 0 bridgehead atoms. The molecule has 0 spiro atoms. The second-order valence-electron chi connectivity index (χ2n) is 9.06. The van der Waals surface area contributed by atoms with Crippen molar-refractivity contribution in [2.45, 2.75) is 57.9 Å². The Balaban J connectivity index is 1.34. The number of aryl methyl sites for hydroxylation is 1. The summed E-state index contributed by atoms with van der Waals surface area (Å²) in [5.41, 5.74) is 3.97. The molecule has 2 aliphatic heterocycles. The Hall–Kier alpha value is -2.28. The first-order valence-electron chi connectivity index (χ1n) is 10.9. The first kappa shape index (κ1) is 18.7. The van der Waals surface area contributed by atoms with E-state index < -0.39 is 0 Å². The molecule has 1 aliphatic carbocycles. The first-order valence-corrected chi connectivity index (χ1v) is 10.9. The Morgan fingerprint density at radius 3 is 3.03 bits per heavy atom. The minimum Gasteiger partial charge on any atom is -0.360 e. The molecule has 7 heteroatoms. The zero-order chi connectivity index (χ0) is 20.0. The van der Waals surface area contributed by atoms with Gasteiger partial charge in [0.1, 0.15) is 11.6 Å². The van der Waals surface area contributed by atoms with Crippen LogP contribution in [0.4, 0.5) is 0 Å². The van der Waals surface area contributed by atoms with Crippen molar-refractivity contribution in [2.75, 3.05) is 26.7 Å². The minimum atomic E-state index is 0.00776. The maximum absolute atomic E-state index is 13.2. The van der Waals surface area contributed by atoms with Crippen molar-refractivity contribution in [3.63, 3.8) is 0 Å². The van der Waals surface area contributed by atoms with E-state index in [0.29, 0.717) is 18.2 Å². The molecule has 7 nitrogen and oxygen atoms in total. The maximum atomic E-state index is 13.2. The standard InChI is InChI=1S/C22H29N5O2/c1-14-5-6-19-17(10-14)20(25-29-19)22(28)27-8-3-4-15(13-27)21-23-11-16-12-26(2)9-7-18(16)24-21/h11,14-15H,3-10,12-13H2,1-2H3. The van der Waals surface area contributed by atoms with E-state index in [-0.39, 0.29) is 11.8 Å². The van der Waals surface area contributed by atoms with Gasteiger partial charge in [-0.2, -0.15) is 0 Å². The predicted molar refractivity (Wildman–Crippen MR) is 108 cm³/mol. The fourth-order valence-electron chi connectivity index (χ4n) is 4.94. The fraction of sp³-hybridized carbons (Fsp3) is 0.636. The largest absolute Gasteiger partial charge is 0.360 e. The van der Waals surface area contributed by atoms with Crippen molar-refractivity contribution < 1.29 is 9.32 Å². The molecule has 5 rings (SSSR count). The summed E-state index contributed by atoms with van der Waals surface area (Å²) in [5.74, 6) is 2.57. The molecule has 0 aromatic carbocycles. The summed E-state index contributed by atoms with van der Waals surface area (Å²) < 4.78 is 5.50. The van der Waals surface area contributed by atoms with Crippen LogP contribution in [0.25, 0.3) is 0 Å². The number of rotatable bonds is 2. The van der Waals surface area contributed by atoms with Gasteiger partial charge in [0.15, 0.2) is 5.69 Å². The molecule has 2 aromatic rings. The third kappa shape index (κ3) is 3.56. The molecule has 154 valence electrons. The van der Waals surface area contributed by atoms with E-state index in [1.807, 2.05) is 11.1 Å². The van der Waals surface area contributed by atoms with Crippen LogP contribution >= 0.6 is 0 Å². The van der Waals surface area contributed by atoms with Crippen LogP contribution in [0.3, 0.4) is 0 Å². The number of piperidine rings is 1. The highest BCUT2D eigenvalue weighted by Crippen LogP contribution is 2.31. The van der Waals surface area contributed by atoms with Crippen LogP contribution < -0.4 is 0 Å². The van der Waals surface area contributed by atoms with Gasteiger partial charge in [0.25, 0.3) is 5.91 Å². The Bertz CT molecular complexity index is 924. The van der Waals surface area contributed by atoms with E-state index in [0.717, 1.165) is 75.3 Å². The van der Waals surface area contributed by atoms with Crippen molar-refractivity contribution in [1.82, 2.24) is 24.9 Å². The summed E-state index contributed by atoms with van der Waals surface area (Å²) >= 11 is 0. The van der Waals surface area contributed by atoms with Crippen LogP contribution in [-0.4, -0.2) is 57.5 Å². The molecule has 29 heavy (non-hydrogen) atoms. The Labute approximate surface area is 171 Å². The number of carbonyl (C=O) groups is 1. The van der Waals surface area contributed by atoms with E-state index in [9.17, 15) is 4.79 Å². The summed E-state index contributed by atoms with van der Waals surface area (Å²) in [6, 6.07) is 0. The van der Waals surface area contributed by atoms with Gasteiger partial charge in [-0.3, -0.25) is 4.79 Å². The lowest BCUT2D eigenvalue weighted by Gasteiger charge is -2.32. The van der Waals surface area contributed by atoms with Crippen molar-refractivity contribution in [1.29, 1.82) is 0 Å². The summed E-state index contributed by atoms with van der Waals surface area (Å²) in [7, 11) is 2.13. The summed E-state index contributed by atoms with van der Waals surface area (Å²) in [6.45, 7) is 5.61. The third-order valence-electron chi connectivity index (χ3n) is 6.71. The summed E-state index contributed by atoms with van der Waals surface area (Å²) in [5, 5.41) is 4.17. The van der Waals surface area contributed by atoms with Crippen LogP contribution in [0.5, 0.6) is 0 Å². The molecular weight excluding hydrogens is 366 g/mol. The molecule has 0 radical (unpaired) electrons. The lowest BCUT2D eigenvalue weighted by molar-refractivity contribution is 0.0692. The molecule has 1 amide bonds. The lowest BCUT2D eigenvalue weighted by atomic mass is 9.88. The Morgan fingerprint density at radius 1 is 1.24 bits per heavy atom. The van der Waals surface area contributed by atoms with Crippen molar-refractivity contribution in [3.05, 3.63) is 40.3 Å². The van der Waals surface area contributed by atoms with Crippen LogP contribution in [-0.2, 0) is 25.8 Å². The number of hydrogen-bond donors (Lipinski definition) is 0. The highest BCUT2D eigenvalue weighted by atomic mass is 16.5. The predicted octanol–water partition coefficient (Wildman–Crippen LogP) is 2.60. The van der Waals surface area contributed by atoms with Gasteiger partial charge in [0.05, 0.1) is 0 Å². The number of amides is 1. The number of fused-ring (bicyclic) bond motifs is 2. The average Bonchev–Trinajstić information content (AvgIpc) is 3.16. The van der Waals surface area contributed by atoms with Crippen molar-refractivity contribution in [2.24, 2.45) is 5.92 Å². The quantitative estimate of drug-likeness (QED) is 0.778. The molecule has 0 N–H and O–H groups in total. The number of hydrogen-bond acceptors (Lipinski definition) is 6. The molecule has 2 atom stereocenters. The van der Waals surface area contributed by atoms with Crippen LogP contribution in [0.2, 0.25) is 0 Å². The molecule has 2 aromatic heterocycles. The average molecular weight is 396 g/mol. The van der Waals surface area contributed by atoms with Gasteiger partial charge >= 0.3 is 0 Å². The normalized spacial score (nSPS) is 24.8. The van der Waals surface area contributed by atoms with Crippen LogP contribution in [0.15, 0.2) is 10.7 Å². The van der Waals surface area contributed by atoms with E-state index in [4.69, 9.17) is 9.51 Å². The van der Waals surface area contributed by atoms with Gasteiger partial charge in [-0.25, -0.2) is 9.97 Å². The number of likely N-dealkylation sites (tertiary alicyclic amines) is 1. The SMILES string of the molecule is CC1CCc2onc(C(=O)N3CCCC(c4ncc5c(n4)CCN(C)C5)C3)c2C1. The molecule has 1 saturated heterocycles. The monoisotopic (exact) mass is 395 g/mol. The molecule has 2 unspecified atom stereocenters. The highest BCUT2D eigenvalue weighted by Gasteiger charge is 2.33. The molecule has 4 heterocycles. The second-order valence-corrected chi connectivity index (χ2v) is 9.06. The zero-order valence-electron chi connectivity index (χ0n) is 17.4. The molecule has 1 fully saturated rings. The van der Waals surface area contributed by atoms with E-state index in [2.05, 4.69) is 29.0 Å². The van der Waals surface area contributed by atoms with Gasteiger partial charge in [-0.05, 0) is 38.6 Å². The van der Waals surface area contributed by atoms with Crippen LogP contribution in [0, 0.1) is 5.92 Å². The number of aromatic nitrogens is 3. The van der Waals surface area contributed by atoms with Gasteiger partial charge in [0.2, 0.25) is 0 Å². The van der Waals surface area contributed by atoms with Gasteiger partial charge in [-0.15, -0.1) is 0 Å². The summed E-state index contributed by atoms with van der Waals surface area (Å²) in [4.78, 5) is 27.0. The van der Waals surface area contributed by atoms with Crippen LogP contribution in [0.1, 0.15) is 71.0 Å². The number of carbonyl (C=O) groups excluding carboxylic acids is 1. The number of nitrogens with zero attached hydrogens (tertiary/aromatic N) is 5. The highest BCUT2D eigenvalue weighted by molar-refractivity contribution is 5.94. The van der Waals surface area contributed by atoms with Crippen molar-refractivity contribution >= 4 is 5.91 Å². The fourth-order valence-corrected chi connectivity index (χ4v) is 4.94. The van der Waals surface area contributed by atoms with Gasteiger partial charge < -0.3 is 14.3 Å². The number of likely N-dealkylation sites (N-methyl/N-ethyl adjacent to an activating group) is 1. The third-order valence-corrected chi connectivity index (χ3v) is 6.71. The zero-order valence-corrected chi connectivity index (χ0v) is 17.4. The Morgan fingerprint density at radius 2 is 2.14 bits per heavy atom. The second kappa shape index (κ2) is 7.52. The topological polar surface area (TPSA) is 75.4 Å². The lowest BCUT2D eigenvalue weighted by Crippen LogP contribution is -2.40. The van der Waals surface area contributed by atoms with E-state index in [1.54, 1.807) is 0 Å². The maximum Gasteiger partial charge on any atom is 0.276 e. The molecular formula is C22H29N5O2. The Kier molecular flexibility index (Phi) is 4.86. The van der Waals surface area contributed by atoms with Gasteiger partial charge in [-0.1, -0.05) is 12.1 Å². The van der Waals surface area contributed by atoms with Gasteiger partial charge in [0, 0.05) is 68.0 Å².